The summed E-state index contributed by atoms with van der Waals surface area (Å²) in [5, 5.41) is 0. The molecule has 11 heavy (non-hydrogen) atoms. The fraction of sp³-hybridized carbons (Fsp3) is 1.00. The maximum Gasteiger partial charge on any atom is -0.00438 e. The molecule has 1 saturated carbocycles. The van der Waals surface area contributed by atoms with Gasteiger partial charge in [0.05, 0.1) is 0 Å². The van der Waals surface area contributed by atoms with Crippen LogP contribution < -0.4 is 5.73 Å². The molecule has 0 spiro atoms. The lowest BCUT2D eigenvalue weighted by atomic mass is 9.89. The lowest BCUT2D eigenvalue weighted by Crippen LogP contribution is -2.21. The highest BCUT2D eigenvalue weighted by molar-refractivity contribution is 4.94. The van der Waals surface area contributed by atoms with Crippen molar-refractivity contribution in [1.29, 1.82) is 0 Å². The van der Waals surface area contributed by atoms with Crippen LogP contribution in [0.3, 0.4) is 0 Å². The maximum atomic E-state index is 5.61. The second-order valence-electron chi connectivity index (χ2n) is 3.49. The Morgan fingerprint density at radius 2 is 1.82 bits per heavy atom. The smallest absolute Gasteiger partial charge is 0.00438 e. The summed E-state index contributed by atoms with van der Waals surface area (Å²) in [5.74, 6) is 0.789. The van der Waals surface area contributed by atoms with Crippen molar-refractivity contribution >= 4 is 0 Å². The molecule has 1 fully saturated rings. The van der Waals surface area contributed by atoms with Gasteiger partial charge in [-0.15, -0.1) is 0 Å². The average Bonchev–Trinajstić information content (AvgIpc) is 2.75. The van der Waals surface area contributed by atoms with Crippen LogP contribution in [-0.2, 0) is 0 Å². The molecular weight excluding hydrogens is 134 g/mol. The van der Waals surface area contributed by atoms with Crippen LogP contribution in [0.5, 0.6) is 0 Å². The number of hydrogen-bond acceptors (Lipinski definition) is 1. The van der Waals surface area contributed by atoms with Gasteiger partial charge in [-0.2, -0.15) is 0 Å². The molecule has 68 valence electrons. The van der Waals surface area contributed by atoms with Crippen LogP contribution in [0.25, 0.3) is 0 Å². The van der Waals surface area contributed by atoms with Gasteiger partial charge in [-0.3, -0.25) is 0 Å². The van der Waals surface area contributed by atoms with Gasteiger partial charge in [0.2, 0.25) is 0 Å². The van der Waals surface area contributed by atoms with Gasteiger partial charge < -0.3 is 5.73 Å². The third kappa shape index (κ3) is 2.82. The van der Waals surface area contributed by atoms with Gasteiger partial charge in [0.15, 0.2) is 0 Å². The highest BCUT2D eigenvalue weighted by atomic mass is 14.6. The molecule has 0 aliphatic heterocycles. The lowest BCUT2D eigenvalue weighted by Gasteiger charge is -2.18. The molecule has 1 aliphatic carbocycles. The molecule has 0 saturated heterocycles. The molecule has 0 aromatic carbocycles. The summed E-state index contributed by atoms with van der Waals surface area (Å²) in [5.41, 5.74) is 6.25. The second kappa shape index (κ2) is 4.76. The van der Waals surface area contributed by atoms with E-state index in [1.807, 2.05) is 13.8 Å². The highest BCUT2D eigenvalue weighted by Gasteiger charge is 2.42. The third-order valence-electron chi connectivity index (χ3n) is 2.80. The molecule has 0 amide bonds. The first-order chi connectivity index (χ1) is 5.23. The minimum Gasteiger partial charge on any atom is -0.330 e. The first kappa shape index (κ1) is 11.0. The summed E-state index contributed by atoms with van der Waals surface area (Å²) < 4.78 is 0. The van der Waals surface area contributed by atoms with Crippen LogP contribution in [0.2, 0.25) is 0 Å². The largest absolute Gasteiger partial charge is 0.330 e. The van der Waals surface area contributed by atoms with Crippen LogP contribution >= 0.6 is 0 Å². The Morgan fingerprint density at radius 3 is 1.91 bits per heavy atom. The molecule has 1 aliphatic rings. The Balaban J connectivity index is 0.000000461. The van der Waals surface area contributed by atoms with Crippen molar-refractivity contribution in [3.05, 3.63) is 0 Å². The van der Waals surface area contributed by atoms with E-state index in [9.17, 15) is 0 Å². The average molecular weight is 157 g/mol. The topological polar surface area (TPSA) is 26.0 Å². The molecule has 1 rings (SSSR count). The zero-order valence-corrected chi connectivity index (χ0v) is 8.48. The van der Waals surface area contributed by atoms with E-state index >= 15 is 0 Å². The minimum absolute atomic E-state index is 0.642. The van der Waals surface area contributed by atoms with Gasteiger partial charge in [0.1, 0.15) is 0 Å². The molecule has 1 unspecified atom stereocenters. The van der Waals surface area contributed by atoms with Gasteiger partial charge in [0.25, 0.3) is 0 Å². The number of nitrogens with two attached hydrogens (primary N) is 1. The van der Waals surface area contributed by atoms with Gasteiger partial charge >= 0.3 is 0 Å². The lowest BCUT2D eigenvalue weighted by molar-refractivity contribution is 0.333. The van der Waals surface area contributed by atoms with Crippen LogP contribution in [-0.4, -0.2) is 6.54 Å². The molecule has 1 atom stereocenters. The Hall–Kier alpha value is -0.0400. The molecule has 0 radical (unpaired) electrons. The van der Waals surface area contributed by atoms with E-state index in [0.29, 0.717) is 5.41 Å². The van der Waals surface area contributed by atoms with Gasteiger partial charge in [0, 0.05) is 0 Å². The molecule has 0 aromatic heterocycles. The van der Waals surface area contributed by atoms with Crippen molar-refractivity contribution in [2.45, 2.75) is 47.0 Å². The molecule has 0 heterocycles. The summed E-state index contributed by atoms with van der Waals surface area (Å²) in [7, 11) is 0. The summed E-state index contributed by atoms with van der Waals surface area (Å²) in [6.07, 6.45) is 4.07. The Labute approximate surface area is 71.4 Å². The van der Waals surface area contributed by atoms with Crippen LogP contribution in [0.1, 0.15) is 47.0 Å². The minimum atomic E-state index is 0.642. The molecular formula is C10H23N. The molecule has 0 bridgehead atoms. The maximum absolute atomic E-state index is 5.61. The Morgan fingerprint density at radius 1 is 1.36 bits per heavy atom. The zero-order valence-electron chi connectivity index (χ0n) is 8.48. The predicted octanol–water partition coefficient (Wildman–Crippen LogP) is 2.80. The van der Waals surface area contributed by atoms with Crippen molar-refractivity contribution < 1.29 is 0 Å². The summed E-state index contributed by atoms with van der Waals surface area (Å²) in [4.78, 5) is 0. The molecule has 1 heteroatoms. The van der Waals surface area contributed by atoms with Crippen molar-refractivity contribution in [3.8, 4) is 0 Å². The second-order valence-corrected chi connectivity index (χ2v) is 3.49. The Bertz CT molecular complexity index is 91.0. The molecule has 1 nitrogen and oxygen atoms in total. The predicted molar refractivity (Wildman–Crippen MR) is 51.5 cm³/mol. The van der Waals surface area contributed by atoms with E-state index in [1.165, 1.54) is 19.3 Å². The summed E-state index contributed by atoms with van der Waals surface area (Å²) in [6.45, 7) is 9.47. The van der Waals surface area contributed by atoms with Crippen molar-refractivity contribution in [1.82, 2.24) is 0 Å². The summed E-state index contributed by atoms with van der Waals surface area (Å²) >= 11 is 0. The number of hydrogen-bond donors (Lipinski definition) is 1. The van der Waals surface area contributed by atoms with E-state index in [1.54, 1.807) is 0 Å². The standard InChI is InChI=1S/C8H17N.C2H6/c1-3-7(6-9)8(2)4-5-8;1-2/h7H,3-6,9H2,1-2H3;1-2H3. The highest BCUT2D eigenvalue weighted by Crippen LogP contribution is 2.52. The number of rotatable bonds is 3. The Kier molecular flexibility index (Phi) is 4.74. The van der Waals surface area contributed by atoms with E-state index in [2.05, 4.69) is 13.8 Å². The zero-order chi connectivity index (χ0) is 8.91. The van der Waals surface area contributed by atoms with Gasteiger partial charge in [-0.05, 0) is 30.7 Å². The molecule has 2 N–H and O–H groups in total. The molecule has 0 aromatic rings. The quantitative estimate of drug-likeness (QED) is 0.670. The van der Waals surface area contributed by atoms with Crippen LogP contribution in [0, 0.1) is 11.3 Å². The fourth-order valence-electron chi connectivity index (χ4n) is 1.55. The first-order valence-electron chi connectivity index (χ1n) is 4.93. The third-order valence-corrected chi connectivity index (χ3v) is 2.80. The normalized spacial score (nSPS) is 21.5. The van der Waals surface area contributed by atoms with Crippen molar-refractivity contribution in [2.24, 2.45) is 17.1 Å². The monoisotopic (exact) mass is 157 g/mol. The van der Waals surface area contributed by atoms with Gasteiger partial charge in [-0.25, -0.2) is 0 Å². The van der Waals surface area contributed by atoms with Gasteiger partial charge in [-0.1, -0.05) is 34.1 Å². The van der Waals surface area contributed by atoms with E-state index in [0.717, 1.165) is 12.5 Å². The van der Waals surface area contributed by atoms with Crippen molar-refractivity contribution in [3.63, 3.8) is 0 Å². The van der Waals surface area contributed by atoms with E-state index in [-0.39, 0.29) is 0 Å². The van der Waals surface area contributed by atoms with Crippen LogP contribution in [0.4, 0.5) is 0 Å². The fourth-order valence-corrected chi connectivity index (χ4v) is 1.55. The first-order valence-corrected chi connectivity index (χ1v) is 4.93. The van der Waals surface area contributed by atoms with E-state index in [4.69, 9.17) is 5.73 Å². The summed E-state index contributed by atoms with van der Waals surface area (Å²) in [6, 6.07) is 0. The SMILES string of the molecule is CC.CCC(CN)C1(C)CC1. The van der Waals surface area contributed by atoms with E-state index < -0.39 is 0 Å². The van der Waals surface area contributed by atoms with Crippen LogP contribution in [0.15, 0.2) is 0 Å². The van der Waals surface area contributed by atoms with Crippen molar-refractivity contribution in [2.75, 3.05) is 6.54 Å².